The van der Waals surface area contributed by atoms with Crippen LogP contribution in [0.15, 0.2) is 71.1 Å². The van der Waals surface area contributed by atoms with Crippen molar-refractivity contribution in [2.45, 2.75) is 19.8 Å². The highest BCUT2D eigenvalue weighted by molar-refractivity contribution is 5.76. The van der Waals surface area contributed by atoms with E-state index in [2.05, 4.69) is 5.32 Å². The highest BCUT2D eigenvalue weighted by Gasteiger charge is 2.07. The second kappa shape index (κ2) is 10.2. The summed E-state index contributed by atoms with van der Waals surface area (Å²) < 4.78 is 16.8. The second-order valence-electron chi connectivity index (χ2n) is 6.23. The summed E-state index contributed by atoms with van der Waals surface area (Å²) in [5, 5.41) is 2.86. The first kappa shape index (κ1) is 19.5. The van der Waals surface area contributed by atoms with E-state index in [1.165, 1.54) is 0 Å². The summed E-state index contributed by atoms with van der Waals surface area (Å²) in [5.41, 5.74) is 1.03. The van der Waals surface area contributed by atoms with E-state index in [9.17, 15) is 4.79 Å². The molecule has 3 rings (SSSR count). The molecule has 0 saturated heterocycles. The number of hydrogen-bond acceptors (Lipinski definition) is 4. The number of furan rings is 1. The lowest BCUT2D eigenvalue weighted by Gasteiger charge is -2.08. The first-order valence-electron chi connectivity index (χ1n) is 9.51. The van der Waals surface area contributed by atoms with Crippen molar-refractivity contribution in [3.8, 4) is 22.8 Å². The van der Waals surface area contributed by atoms with Gasteiger partial charge in [-0.1, -0.05) is 30.3 Å². The molecule has 1 amide bonds. The number of carbonyl (C=O) groups excluding carboxylic acids is 1. The van der Waals surface area contributed by atoms with Gasteiger partial charge in [-0.05, 0) is 43.3 Å². The van der Waals surface area contributed by atoms with Gasteiger partial charge < -0.3 is 19.2 Å². The SMILES string of the molecule is CCOc1ccc(OCCNC(=O)CCc2ccc(-c3ccccc3)o2)cc1. The van der Waals surface area contributed by atoms with Crippen molar-refractivity contribution in [1.29, 1.82) is 0 Å². The van der Waals surface area contributed by atoms with Crippen molar-refractivity contribution in [1.82, 2.24) is 5.32 Å². The van der Waals surface area contributed by atoms with Gasteiger partial charge in [-0.15, -0.1) is 0 Å². The van der Waals surface area contributed by atoms with Gasteiger partial charge in [0.2, 0.25) is 5.91 Å². The topological polar surface area (TPSA) is 60.7 Å². The Morgan fingerprint density at radius 3 is 2.36 bits per heavy atom. The van der Waals surface area contributed by atoms with E-state index in [4.69, 9.17) is 13.9 Å². The quantitative estimate of drug-likeness (QED) is 0.528. The molecule has 0 aliphatic carbocycles. The maximum atomic E-state index is 12.0. The van der Waals surface area contributed by atoms with E-state index in [0.29, 0.717) is 32.6 Å². The molecule has 0 aliphatic heterocycles. The molecular formula is C23H25NO4. The van der Waals surface area contributed by atoms with Crippen LogP contribution in [0.1, 0.15) is 19.1 Å². The molecular weight excluding hydrogens is 354 g/mol. The highest BCUT2D eigenvalue weighted by atomic mass is 16.5. The lowest BCUT2D eigenvalue weighted by Crippen LogP contribution is -2.28. The Balaban J connectivity index is 1.34. The fourth-order valence-corrected chi connectivity index (χ4v) is 2.75. The standard InChI is InChI=1S/C23H25NO4/c1-2-26-19-8-10-20(11-9-19)27-17-16-24-23(25)15-13-21-12-14-22(28-21)18-6-4-3-5-7-18/h3-12,14H,2,13,15-17H2,1H3,(H,24,25). The average Bonchev–Trinajstić information content (AvgIpc) is 3.21. The molecule has 0 fully saturated rings. The molecule has 1 N–H and O–H groups in total. The van der Waals surface area contributed by atoms with Crippen molar-refractivity contribution in [3.63, 3.8) is 0 Å². The molecule has 0 spiro atoms. The Morgan fingerprint density at radius 2 is 1.64 bits per heavy atom. The second-order valence-corrected chi connectivity index (χ2v) is 6.23. The summed E-state index contributed by atoms with van der Waals surface area (Å²) in [6, 6.07) is 21.2. The molecule has 0 aliphatic rings. The van der Waals surface area contributed by atoms with Gasteiger partial charge in [0.15, 0.2) is 0 Å². The Hall–Kier alpha value is -3.21. The van der Waals surface area contributed by atoms with E-state index in [-0.39, 0.29) is 5.91 Å². The zero-order valence-corrected chi connectivity index (χ0v) is 16.0. The van der Waals surface area contributed by atoms with Crippen molar-refractivity contribution >= 4 is 5.91 Å². The first-order valence-corrected chi connectivity index (χ1v) is 9.51. The minimum absolute atomic E-state index is 0.0204. The summed E-state index contributed by atoms with van der Waals surface area (Å²) in [7, 11) is 0. The van der Waals surface area contributed by atoms with Crippen LogP contribution in [0.3, 0.4) is 0 Å². The van der Waals surface area contributed by atoms with Gasteiger partial charge in [0, 0.05) is 18.4 Å². The third kappa shape index (κ3) is 5.91. The molecule has 1 heterocycles. The molecule has 3 aromatic rings. The van der Waals surface area contributed by atoms with E-state index >= 15 is 0 Å². The third-order valence-electron chi connectivity index (χ3n) is 4.15. The number of hydrogen-bond donors (Lipinski definition) is 1. The maximum absolute atomic E-state index is 12.0. The Kier molecular flexibility index (Phi) is 7.13. The predicted octanol–water partition coefficient (Wildman–Crippen LogP) is 4.47. The molecule has 0 atom stereocenters. The van der Waals surface area contributed by atoms with Crippen molar-refractivity contribution in [2.75, 3.05) is 19.8 Å². The van der Waals surface area contributed by atoms with Crippen LogP contribution < -0.4 is 14.8 Å². The fourth-order valence-electron chi connectivity index (χ4n) is 2.75. The van der Waals surface area contributed by atoms with Crippen molar-refractivity contribution in [3.05, 3.63) is 72.5 Å². The van der Waals surface area contributed by atoms with Crippen LogP contribution in [0, 0.1) is 0 Å². The van der Waals surface area contributed by atoms with E-state index < -0.39 is 0 Å². The van der Waals surface area contributed by atoms with Gasteiger partial charge in [-0.25, -0.2) is 0 Å². The summed E-state index contributed by atoms with van der Waals surface area (Å²) in [6.07, 6.45) is 0.948. The average molecular weight is 379 g/mol. The fraction of sp³-hybridized carbons (Fsp3) is 0.261. The predicted molar refractivity (Wildman–Crippen MR) is 109 cm³/mol. The minimum Gasteiger partial charge on any atom is -0.494 e. The lowest BCUT2D eigenvalue weighted by atomic mass is 10.2. The van der Waals surface area contributed by atoms with Crippen LogP contribution in [0.5, 0.6) is 11.5 Å². The van der Waals surface area contributed by atoms with Gasteiger partial charge >= 0.3 is 0 Å². The minimum atomic E-state index is -0.0204. The molecule has 5 nitrogen and oxygen atoms in total. The molecule has 0 radical (unpaired) electrons. The summed E-state index contributed by atoms with van der Waals surface area (Å²) in [4.78, 5) is 12.0. The smallest absolute Gasteiger partial charge is 0.220 e. The van der Waals surface area contributed by atoms with Gasteiger partial charge in [0.25, 0.3) is 0 Å². The lowest BCUT2D eigenvalue weighted by molar-refractivity contribution is -0.121. The number of aryl methyl sites for hydroxylation is 1. The first-order chi connectivity index (χ1) is 13.7. The van der Waals surface area contributed by atoms with E-state index in [1.54, 1.807) is 0 Å². The van der Waals surface area contributed by atoms with Crippen LogP contribution in [0.25, 0.3) is 11.3 Å². The number of ether oxygens (including phenoxy) is 2. The van der Waals surface area contributed by atoms with Gasteiger partial charge in [-0.3, -0.25) is 4.79 Å². The monoisotopic (exact) mass is 379 g/mol. The zero-order chi connectivity index (χ0) is 19.6. The summed E-state index contributed by atoms with van der Waals surface area (Å²) >= 11 is 0. The van der Waals surface area contributed by atoms with E-state index in [1.807, 2.05) is 73.7 Å². The molecule has 5 heteroatoms. The van der Waals surface area contributed by atoms with E-state index in [0.717, 1.165) is 28.6 Å². The Labute approximate surface area is 165 Å². The van der Waals surface area contributed by atoms with Crippen molar-refractivity contribution < 1.29 is 18.7 Å². The molecule has 146 valence electrons. The van der Waals surface area contributed by atoms with Crippen LogP contribution in [0.2, 0.25) is 0 Å². The largest absolute Gasteiger partial charge is 0.494 e. The van der Waals surface area contributed by atoms with Crippen LogP contribution in [0.4, 0.5) is 0 Å². The normalized spacial score (nSPS) is 10.5. The molecule has 2 aromatic carbocycles. The number of rotatable bonds is 10. The molecule has 0 bridgehead atoms. The molecule has 28 heavy (non-hydrogen) atoms. The number of benzene rings is 2. The zero-order valence-electron chi connectivity index (χ0n) is 16.0. The van der Waals surface area contributed by atoms with Gasteiger partial charge in [0.1, 0.15) is 29.6 Å². The van der Waals surface area contributed by atoms with Crippen LogP contribution in [-0.4, -0.2) is 25.7 Å². The Bertz CT molecular complexity index is 856. The van der Waals surface area contributed by atoms with Gasteiger partial charge in [0.05, 0.1) is 13.2 Å². The molecule has 1 aromatic heterocycles. The number of nitrogens with one attached hydrogen (secondary N) is 1. The maximum Gasteiger partial charge on any atom is 0.220 e. The summed E-state index contributed by atoms with van der Waals surface area (Å²) in [5.74, 6) is 3.17. The summed E-state index contributed by atoms with van der Waals surface area (Å²) in [6.45, 7) is 3.46. The highest BCUT2D eigenvalue weighted by Crippen LogP contribution is 2.22. The van der Waals surface area contributed by atoms with Gasteiger partial charge in [-0.2, -0.15) is 0 Å². The number of carbonyl (C=O) groups is 1. The Morgan fingerprint density at radius 1 is 0.929 bits per heavy atom. The number of amides is 1. The van der Waals surface area contributed by atoms with Crippen molar-refractivity contribution in [2.24, 2.45) is 0 Å². The van der Waals surface area contributed by atoms with Crippen LogP contribution >= 0.6 is 0 Å². The molecule has 0 unspecified atom stereocenters. The van der Waals surface area contributed by atoms with Crippen LogP contribution in [-0.2, 0) is 11.2 Å². The third-order valence-corrected chi connectivity index (χ3v) is 4.15. The molecule has 0 saturated carbocycles.